The minimum Gasteiger partial charge on any atom is -0.142 e. The van der Waals surface area contributed by atoms with Crippen LogP contribution in [0.1, 0.15) is 50.7 Å². The van der Waals surface area contributed by atoms with Gasteiger partial charge in [0, 0.05) is 16.5 Å². The molecule has 0 heterocycles. The molecule has 0 saturated heterocycles. The maximum absolute atomic E-state index is 12.7. The van der Waals surface area contributed by atoms with Crippen molar-refractivity contribution in [2.75, 3.05) is 6.61 Å². The summed E-state index contributed by atoms with van der Waals surface area (Å²) in [7, 11) is -1.84. The molecule has 0 amide bonds. The molecule has 0 aromatic heterocycles. The molecule has 24 heavy (non-hydrogen) atoms. The van der Waals surface area contributed by atoms with Crippen LogP contribution in [0.2, 0.25) is 5.02 Å². The van der Waals surface area contributed by atoms with Crippen LogP contribution in [0.3, 0.4) is 0 Å². The minimum absolute atomic E-state index is 0.159. The van der Waals surface area contributed by atoms with Crippen LogP contribution in [0.25, 0.3) is 0 Å². The van der Waals surface area contributed by atoms with E-state index in [0.717, 1.165) is 28.7 Å². The molecule has 0 aliphatic heterocycles. The van der Waals surface area contributed by atoms with Crippen LogP contribution in [0.4, 0.5) is 0 Å². The third-order valence-electron chi connectivity index (χ3n) is 4.07. The van der Waals surface area contributed by atoms with Crippen molar-refractivity contribution < 1.29 is 9.09 Å². The molecule has 2 aromatic rings. The van der Waals surface area contributed by atoms with E-state index in [0.29, 0.717) is 12.5 Å². The molecule has 2 rings (SSSR count). The first kappa shape index (κ1) is 19.1. The van der Waals surface area contributed by atoms with Crippen molar-refractivity contribution in [3.63, 3.8) is 0 Å². The second-order valence-electron chi connectivity index (χ2n) is 6.28. The van der Waals surface area contributed by atoms with Gasteiger partial charge in [0.2, 0.25) is 5.30 Å². The van der Waals surface area contributed by atoms with E-state index in [1.807, 2.05) is 30.3 Å². The first-order valence-corrected chi connectivity index (χ1v) is 10.0. The average molecular weight is 364 g/mol. The predicted molar refractivity (Wildman–Crippen MR) is 103 cm³/mol. The summed E-state index contributed by atoms with van der Waals surface area (Å²) in [5.74, 6) is 0.526. The Morgan fingerprint density at radius 1 is 1.08 bits per heavy atom. The zero-order chi connectivity index (χ0) is 17.5. The molecule has 2 aromatic carbocycles. The molecule has 128 valence electrons. The van der Waals surface area contributed by atoms with E-state index in [1.165, 1.54) is 5.56 Å². The van der Waals surface area contributed by atoms with E-state index in [1.54, 1.807) is 0 Å². The lowest BCUT2D eigenvalue weighted by Gasteiger charge is -2.22. The van der Waals surface area contributed by atoms with Crippen LogP contribution >= 0.6 is 19.6 Å². The molecule has 0 N–H and O–H groups in total. The quantitative estimate of drug-likeness (QED) is 0.405. The second kappa shape index (κ2) is 9.32. The smallest absolute Gasteiger partial charge is 0.142 e. The van der Waals surface area contributed by atoms with E-state index in [4.69, 9.17) is 16.1 Å². The van der Waals surface area contributed by atoms with Crippen molar-refractivity contribution in [1.82, 2.24) is 0 Å². The van der Waals surface area contributed by atoms with E-state index in [2.05, 4.69) is 39.0 Å². The Morgan fingerprint density at radius 2 is 1.75 bits per heavy atom. The third kappa shape index (κ3) is 4.89. The Hall–Kier alpha value is -1.21. The van der Waals surface area contributed by atoms with Crippen molar-refractivity contribution in [3.8, 4) is 0 Å². The van der Waals surface area contributed by atoms with Gasteiger partial charge in [-0.3, -0.25) is 0 Å². The fourth-order valence-corrected chi connectivity index (χ4v) is 4.06. The molecule has 2 nitrogen and oxygen atoms in total. The SMILES string of the molecule is CCCCO[P+](=O)c1ccccc1C(c1ccc(Cl)cc1)C(C)C. The van der Waals surface area contributed by atoms with Crippen LogP contribution in [0.5, 0.6) is 0 Å². The summed E-state index contributed by atoms with van der Waals surface area (Å²) in [4.78, 5) is 0. The van der Waals surface area contributed by atoms with Crippen molar-refractivity contribution in [3.05, 3.63) is 64.7 Å². The molecule has 0 saturated carbocycles. The lowest BCUT2D eigenvalue weighted by atomic mass is 9.82. The molecule has 0 radical (unpaired) electrons. The standard InChI is InChI=1S/C20H25ClO2P/c1-4-5-14-23-24(22)19-9-7-6-8-18(19)20(15(2)3)16-10-12-17(21)13-11-16/h6-13,15,20H,4-5,14H2,1-3H3/q+1. The van der Waals surface area contributed by atoms with Gasteiger partial charge in [-0.05, 0) is 40.7 Å². The van der Waals surface area contributed by atoms with E-state index in [9.17, 15) is 4.57 Å². The van der Waals surface area contributed by atoms with Gasteiger partial charge in [-0.15, -0.1) is 4.52 Å². The fraction of sp³-hybridized carbons (Fsp3) is 0.400. The van der Waals surface area contributed by atoms with Gasteiger partial charge in [0.05, 0.1) is 0 Å². The van der Waals surface area contributed by atoms with Crippen molar-refractivity contribution >= 4 is 24.9 Å². The molecule has 0 bridgehead atoms. The second-order valence-corrected chi connectivity index (χ2v) is 7.97. The highest BCUT2D eigenvalue weighted by molar-refractivity contribution is 7.48. The Balaban J connectivity index is 2.37. The van der Waals surface area contributed by atoms with Crippen LogP contribution < -0.4 is 5.30 Å². The van der Waals surface area contributed by atoms with E-state index < -0.39 is 8.03 Å². The van der Waals surface area contributed by atoms with Crippen LogP contribution in [-0.4, -0.2) is 6.61 Å². The number of hydrogen-bond acceptors (Lipinski definition) is 2. The monoisotopic (exact) mass is 363 g/mol. The summed E-state index contributed by atoms with van der Waals surface area (Å²) in [6.45, 7) is 7.00. The van der Waals surface area contributed by atoms with Crippen molar-refractivity contribution in [1.29, 1.82) is 0 Å². The van der Waals surface area contributed by atoms with Crippen molar-refractivity contribution in [2.24, 2.45) is 5.92 Å². The first-order valence-electron chi connectivity index (χ1n) is 8.49. The summed E-state index contributed by atoms with van der Waals surface area (Å²) in [5, 5.41) is 1.53. The summed E-state index contributed by atoms with van der Waals surface area (Å²) in [6, 6.07) is 15.8. The van der Waals surface area contributed by atoms with Gasteiger partial charge in [0.1, 0.15) is 6.61 Å². The normalized spacial score (nSPS) is 13.1. The number of halogens is 1. The number of unbranched alkanes of at least 4 members (excludes halogenated alkanes) is 1. The Kier molecular flexibility index (Phi) is 7.42. The maximum atomic E-state index is 12.7. The minimum atomic E-state index is -1.84. The van der Waals surface area contributed by atoms with E-state index in [-0.39, 0.29) is 5.92 Å². The van der Waals surface area contributed by atoms with Gasteiger partial charge in [-0.25, -0.2) is 0 Å². The lowest BCUT2D eigenvalue weighted by Crippen LogP contribution is -2.17. The van der Waals surface area contributed by atoms with Crippen molar-refractivity contribution in [2.45, 2.75) is 39.5 Å². The molecular formula is C20H25ClO2P+. The molecule has 2 unspecified atom stereocenters. The zero-order valence-electron chi connectivity index (χ0n) is 14.5. The number of rotatable bonds is 8. The highest BCUT2D eigenvalue weighted by Crippen LogP contribution is 2.35. The number of hydrogen-bond donors (Lipinski definition) is 0. The van der Waals surface area contributed by atoms with Crippen LogP contribution in [-0.2, 0) is 9.09 Å². The summed E-state index contributed by atoms with van der Waals surface area (Å²) >= 11 is 6.03. The molecule has 0 aliphatic carbocycles. The molecule has 2 atom stereocenters. The fourth-order valence-electron chi connectivity index (χ4n) is 2.87. The van der Waals surface area contributed by atoms with Gasteiger partial charge < -0.3 is 0 Å². The Labute approximate surface area is 151 Å². The average Bonchev–Trinajstić information content (AvgIpc) is 2.57. The molecule has 4 heteroatoms. The highest BCUT2D eigenvalue weighted by Gasteiger charge is 2.31. The molecule has 0 fully saturated rings. The van der Waals surface area contributed by atoms with E-state index >= 15 is 0 Å². The van der Waals surface area contributed by atoms with Crippen LogP contribution in [0, 0.1) is 5.92 Å². The van der Waals surface area contributed by atoms with Gasteiger partial charge in [0.15, 0.2) is 0 Å². The largest absolute Gasteiger partial charge is 0.549 e. The summed E-state index contributed by atoms with van der Waals surface area (Å²) < 4.78 is 18.2. The summed E-state index contributed by atoms with van der Waals surface area (Å²) in [6.07, 6.45) is 1.96. The molecule has 0 spiro atoms. The Bertz CT molecular complexity index is 668. The maximum Gasteiger partial charge on any atom is 0.549 e. The number of benzene rings is 2. The Morgan fingerprint density at radius 3 is 2.38 bits per heavy atom. The summed E-state index contributed by atoms with van der Waals surface area (Å²) in [5.41, 5.74) is 2.26. The van der Waals surface area contributed by atoms with Crippen LogP contribution in [0.15, 0.2) is 48.5 Å². The highest BCUT2D eigenvalue weighted by atomic mass is 35.5. The third-order valence-corrected chi connectivity index (χ3v) is 5.54. The van der Waals surface area contributed by atoms with Gasteiger partial charge >= 0.3 is 8.03 Å². The van der Waals surface area contributed by atoms with Gasteiger partial charge in [-0.1, -0.05) is 69.1 Å². The predicted octanol–water partition coefficient (Wildman–Crippen LogP) is 6.31. The van der Waals surface area contributed by atoms with Gasteiger partial charge in [-0.2, -0.15) is 0 Å². The lowest BCUT2D eigenvalue weighted by molar-refractivity contribution is 0.326. The topological polar surface area (TPSA) is 26.3 Å². The molecular weight excluding hydrogens is 339 g/mol. The van der Waals surface area contributed by atoms with Gasteiger partial charge in [0.25, 0.3) is 0 Å². The first-order chi connectivity index (χ1) is 11.5. The molecule has 0 aliphatic rings. The zero-order valence-corrected chi connectivity index (χ0v) is 16.2.